The molecule has 2 rings (SSSR count). The topological polar surface area (TPSA) is 41.6 Å². The lowest BCUT2D eigenvalue weighted by molar-refractivity contribution is 0.605. The van der Waals surface area contributed by atoms with Crippen LogP contribution in [0.2, 0.25) is 0 Å². The smallest absolute Gasteiger partial charge is 0.181 e. The van der Waals surface area contributed by atoms with Gasteiger partial charge >= 0.3 is 0 Å². The number of benzene rings is 1. The standard InChI is InChI=1S/C13H17N3/c1-3-10(4-2)12-14-13(16-15-12)11-8-6-5-7-9-11/h5-10H,3-4H2,1-2H3,(H,14,15,16). The van der Waals surface area contributed by atoms with Gasteiger partial charge in [0.15, 0.2) is 5.82 Å². The number of rotatable bonds is 4. The highest BCUT2D eigenvalue weighted by Crippen LogP contribution is 2.21. The molecular formula is C13H17N3. The molecule has 1 N–H and O–H groups in total. The summed E-state index contributed by atoms with van der Waals surface area (Å²) in [5.74, 6) is 2.29. The van der Waals surface area contributed by atoms with Gasteiger partial charge < -0.3 is 0 Å². The Morgan fingerprint density at radius 3 is 2.44 bits per heavy atom. The van der Waals surface area contributed by atoms with Crippen LogP contribution in [-0.2, 0) is 0 Å². The van der Waals surface area contributed by atoms with Crippen LogP contribution in [0.4, 0.5) is 0 Å². The Labute approximate surface area is 95.9 Å². The third-order valence-electron chi connectivity index (χ3n) is 2.91. The summed E-state index contributed by atoms with van der Waals surface area (Å²) in [6.07, 6.45) is 2.19. The average Bonchev–Trinajstić information content (AvgIpc) is 2.81. The van der Waals surface area contributed by atoms with Crippen LogP contribution < -0.4 is 0 Å². The fourth-order valence-electron chi connectivity index (χ4n) is 1.85. The van der Waals surface area contributed by atoms with Gasteiger partial charge in [-0.1, -0.05) is 44.2 Å². The minimum Gasteiger partial charge on any atom is -0.262 e. The molecule has 0 aliphatic rings. The summed E-state index contributed by atoms with van der Waals surface area (Å²) in [5.41, 5.74) is 1.07. The maximum atomic E-state index is 4.56. The second-order valence-electron chi connectivity index (χ2n) is 3.92. The first-order valence-corrected chi connectivity index (χ1v) is 5.82. The molecule has 16 heavy (non-hydrogen) atoms. The van der Waals surface area contributed by atoms with Gasteiger partial charge in [-0.3, -0.25) is 5.10 Å². The molecule has 0 unspecified atom stereocenters. The summed E-state index contributed by atoms with van der Waals surface area (Å²) in [6.45, 7) is 4.36. The van der Waals surface area contributed by atoms with Crippen molar-refractivity contribution in [2.45, 2.75) is 32.6 Å². The molecule has 0 radical (unpaired) electrons. The van der Waals surface area contributed by atoms with Crippen molar-refractivity contribution in [2.75, 3.05) is 0 Å². The van der Waals surface area contributed by atoms with Crippen LogP contribution in [0.5, 0.6) is 0 Å². The molecule has 0 fully saturated rings. The number of nitrogens with zero attached hydrogens (tertiary/aromatic N) is 2. The molecule has 0 amide bonds. The predicted octanol–water partition coefficient (Wildman–Crippen LogP) is 3.38. The van der Waals surface area contributed by atoms with E-state index in [9.17, 15) is 0 Å². The van der Waals surface area contributed by atoms with Crippen molar-refractivity contribution in [3.8, 4) is 11.4 Å². The third kappa shape index (κ3) is 2.13. The van der Waals surface area contributed by atoms with Gasteiger partial charge in [-0.2, -0.15) is 5.10 Å². The molecular weight excluding hydrogens is 198 g/mol. The van der Waals surface area contributed by atoms with Gasteiger partial charge in [0.1, 0.15) is 5.82 Å². The van der Waals surface area contributed by atoms with Gasteiger partial charge in [-0.25, -0.2) is 4.98 Å². The maximum absolute atomic E-state index is 4.56. The van der Waals surface area contributed by atoms with Gasteiger partial charge in [0.2, 0.25) is 0 Å². The fourth-order valence-corrected chi connectivity index (χ4v) is 1.85. The van der Waals surface area contributed by atoms with Gasteiger partial charge in [0.05, 0.1) is 0 Å². The van der Waals surface area contributed by atoms with E-state index in [1.807, 2.05) is 30.3 Å². The fraction of sp³-hybridized carbons (Fsp3) is 0.385. The summed E-state index contributed by atoms with van der Waals surface area (Å²) in [4.78, 5) is 4.56. The normalized spacial score (nSPS) is 10.9. The van der Waals surface area contributed by atoms with E-state index in [0.29, 0.717) is 5.92 Å². The number of nitrogens with one attached hydrogen (secondary N) is 1. The highest BCUT2D eigenvalue weighted by atomic mass is 15.2. The quantitative estimate of drug-likeness (QED) is 0.849. The Kier molecular flexibility index (Phi) is 3.34. The van der Waals surface area contributed by atoms with Crippen molar-refractivity contribution in [1.29, 1.82) is 0 Å². The molecule has 0 saturated carbocycles. The SMILES string of the molecule is CCC(CC)c1nc(-c2ccccc2)n[nH]1. The summed E-state index contributed by atoms with van der Waals surface area (Å²) in [5, 5.41) is 7.31. The van der Waals surface area contributed by atoms with Gasteiger partial charge in [-0.15, -0.1) is 0 Å². The molecule has 0 aliphatic heterocycles. The second kappa shape index (κ2) is 4.92. The minimum absolute atomic E-state index is 0.491. The van der Waals surface area contributed by atoms with E-state index in [4.69, 9.17) is 0 Å². The van der Waals surface area contributed by atoms with Crippen LogP contribution >= 0.6 is 0 Å². The molecule has 1 heterocycles. The Morgan fingerprint density at radius 1 is 1.12 bits per heavy atom. The van der Waals surface area contributed by atoms with Crippen molar-refractivity contribution >= 4 is 0 Å². The van der Waals surface area contributed by atoms with Gasteiger partial charge in [0, 0.05) is 11.5 Å². The molecule has 2 aromatic rings. The molecule has 3 nitrogen and oxygen atoms in total. The first-order valence-electron chi connectivity index (χ1n) is 5.82. The van der Waals surface area contributed by atoms with Crippen molar-refractivity contribution in [1.82, 2.24) is 15.2 Å². The molecule has 0 atom stereocenters. The average molecular weight is 215 g/mol. The summed E-state index contributed by atoms with van der Waals surface area (Å²) < 4.78 is 0. The van der Waals surface area contributed by atoms with E-state index in [0.717, 1.165) is 30.1 Å². The first kappa shape index (κ1) is 10.9. The van der Waals surface area contributed by atoms with Crippen molar-refractivity contribution in [3.05, 3.63) is 36.2 Å². The highest BCUT2D eigenvalue weighted by Gasteiger charge is 2.12. The molecule has 0 spiro atoms. The van der Waals surface area contributed by atoms with Crippen molar-refractivity contribution < 1.29 is 0 Å². The van der Waals surface area contributed by atoms with E-state index in [1.54, 1.807) is 0 Å². The van der Waals surface area contributed by atoms with E-state index in [2.05, 4.69) is 29.0 Å². The van der Waals surface area contributed by atoms with Crippen LogP contribution in [0, 0.1) is 0 Å². The lowest BCUT2D eigenvalue weighted by atomic mass is 10.0. The summed E-state index contributed by atoms with van der Waals surface area (Å²) in [6, 6.07) is 10.1. The Balaban J connectivity index is 2.26. The van der Waals surface area contributed by atoms with Crippen LogP contribution in [0.3, 0.4) is 0 Å². The summed E-state index contributed by atoms with van der Waals surface area (Å²) >= 11 is 0. The molecule has 0 aliphatic carbocycles. The number of hydrogen-bond acceptors (Lipinski definition) is 2. The Hall–Kier alpha value is -1.64. The molecule has 3 heteroatoms. The zero-order chi connectivity index (χ0) is 11.4. The highest BCUT2D eigenvalue weighted by molar-refractivity contribution is 5.53. The predicted molar refractivity (Wildman–Crippen MR) is 65.1 cm³/mol. The molecule has 1 aromatic heterocycles. The largest absolute Gasteiger partial charge is 0.262 e. The molecule has 0 saturated heterocycles. The minimum atomic E-state index is 0.491. The number of aromatic amines is 1. The lowest BCUT2D eigenvalue weighted by Crippen LogP contribution is -1.97. The van der Waals surface area contributed by atoms with Crippen LogP contribution in [0.1, 0.15) is 38.4 Å². The number of hydrogen-bond donors (Lipinski definition) is 1. The van der Waals surface area contributed by atoms with Crippen molar-refractivity contribution in [2.24, 2.45) is 0 Å². The van der Waals surface area contributed by atoms with E-state index >= 15 is 0 Å². The molecule has 1 aromatic carbocycles. The van der Waals surface area contributed by atoms with Crippen LogP contribution in [0.25, 0.3) is 11.4 Å². The zero-order valence-corrected chi connectivity index (χ0v) is 9.77. The second-order valence-corrected chi connectivity index (χ2v) is 3.92. The number of aromatic nitrogens is 3. The summed E-state index contributed by atoms with van der Waals surface area (Å²) in [7, 11) is 0. The van der Waals surface area contributed by atoms with Crippen LogP contribution in [0.15, 0.2) is 30.3 Å². The molecule has 0 bridgehead atoms. The van der Waals surface area contributed by atoms with E-state index in [-0.39, 0.29) is 0 Å². The van der Waals surface area contributed by atoms with Gasteiger partial charge in [0.25, 0.3) is 0 Å². The number of H-pyrrole nitrogens is 1. The monoisotopic (exact) mass is 215 g/mol. The Morgan fingerprint density at radius 2 is 1.81 bits per heavy atom. The third-order valence-corrected chi connectivity index (χ3v) is 2.91. The van der Waals surface area contributed by atoms with E-state index in [1.165, 1.54) is 0 Å². The van der Waals surface area contributed by atoms with E-state index < -0.39 is 0 Å². The lowest BCUT2D eigenvalue weighted by Gasteiger charge is -2.06. The van der Waals surface area contributed by atoms with Gasteiger partial charge in [-0.05, 0) is 12.8 Å². The maximum Gasteiger partial charge on any atom is 0.181 e. The zero-order valence-electron chi connectivity index (χ0n) is 9.77. The van der Waals surface area contributed by atoms with Crippen LogP contribution in [-0.4, -0.2) is 15.2 Å². The first-order chi connectivity index (χ1) is 7.85. The van der Waals surface area contributed by atoms with Crippen molar-refractivity contribution in [3.63, 3.8) is 0 Å². The Bertz CT molecular complexity index is 429. The molecule has 84 valence electrons.